The minimum absolute atomic E-state index is 0. The van der Waals surface area contributed by atoms with E-state index in [0.717, 1.165) is 31.5 Å². The first-order chi connectivity index (χ1) is 9.11. The number of rotatable bonds is 2. The Hall–Kier alpha value is -1.06. The number of hydrogen-bond donors (Lipinski definition) is 1. The van der Waals surface area contributed by atoms with Gasteiger partial charge in [0.25, 0.3) is 5.91 Å². The summed E-state index contributed by atoms with van der Waals surface area (Å²) in [7, 11) is 0. The Bertz CT molecular complexity index is 517. The number of hydrogen-bond acceptors (Lipinski definition) is 2. The predicted molar refractivity (Wildman–Crippen MR) is 83.4 cm³/mol. The third-order valence-corrected chi connectivity index (χ3v) is 4.68. The van der Waals surface area contributed by atoms with Crippen LogP contribution in [0.4, 0.5) is 0 Å². The van der Waals surface area contributed by atoms with Gasteiger partial charge in [-0.25, -0.2) is 0 Å². The topological polar surface area (TPSA) is 46.3 Å². The zero-order valence-electron chi connectivity index (χ0n) is 12.0. The normalized spacial score (nSPS) is 24.4. The Kier molecular flexibility index (Phi) is 4.40. The maximum absolute atomic E-state index is 12.5. The van der Waals surface area contributed by atoms with Crippen molar-refractivity contribution >= 4 is 18.3 Å². The number of fused-ring (bicyclic) bond motifs is 1. The molecule has 0 bridgehead atoms. The van der Waals surface area contributed by atoms with Crippen molar-refractivity contribution in [3.63, 3.8) is 0 Å². The lowest BCUT2D eigenvalue weighted by Crippen LogP contribution is -2.34. The van der Waals surface area contributed by atoms with Crippen molar-refractivity contribution in [2.75, 3.05) is 19.6 Å². The summed E-state index contributed by atoms with van der Waals surface area (Å²) >= 11 is 0. The maximum Gasteiger partial charge on any atom is 0.253 e. The van der Waals surface area contributed by atoms with Gasteiger partial charge in [-0.2, -0.15) is 0 Å². The van der Waals surface area contributed by atoms with Gasteiger partial charge in [0.2, 0.25) is 0 Å². The predicted octanol–water partition coefficient (Wildman–Crippen LogP) is 2.41. The average molecular weight is 295 g/mol. The van der Waals surface area contributed by atoms with Gasteiger partial charge in [0.05, 0.1) is 0 Å². The molecule has 1 unspecified atom stereocenters. The van der Waals surface area contributed by atoms with Gasteiger partial charge in [0.15, 0.2) is 0 Å². The molecular formula is C16H23ClN2O. The van der Waals surface area contributed by atoms with E-state index in [2.05, 4.69) is 19.1 Å². The van der Waals surface area contributed by atoms with E-state index in [1.807, 2.05) is 11.0 Å². The fraction of sp³-hybridized carbons (Fsp3) is 0.562. The molecule has 1 saturated heterocycles. The third-order valence-electron chi connectivity index (χ3n) is 4.68. The highest BCUT2D eigenvalue weighted by Crippen LogP contribution is 2.30. The van der Waals surface area contributed by atoms with Crippen LogP contribution in [0.3, 0.4) is 0 Å². The number of benzene rings is 1. The first kappa shape index (κ1) is 15.3. The van der Waals surface area contributed by atoms with E-state index in [9.17, 15) is 4.79 Å². The molecule has 20 heavy (non-hydrogen) atoms. The van der Waals surface area contributed by atoms with E-state index in [4.69, 9.17) is 5.73 Å². The monoisotopic (exact) mass is 294 g/mol. The molecule has 1 aromatic rings. The average Bonchev–Trinajstić information content (AvgIpc) is 3.04. The van der Waals surface area contributed by atoms with E-state index < -0.39 is 0 Å². The van der Waals surface area contributed by atoms with E-state index in [0.29, 0.717) is 6.54 Å². The molecule has 1 heterocycles. The van der Waals surface area contributed by atoms with Gasteiger partial charge in [0.1, 0.15) is 0 Å². The largest absolute Gasteiger partial charge is 0.338 e. The Morgan fingerprint density at radius 2 is 2.10 bits per heavy atom. The summed E-state index contributed by atoms with van der Waals surface area (Å²) in [5.74, 6) is 0.173. The molecule has 110 valence electrons. The van der Waals surface area contributed by atoms with Crippen LogP contribution in [-0.4, -0.2) is 30.4 Å². The van der Waals surface area contributed by atoms with Crippen LogP contribution in [0.5, 0.6) is 0 Å². The van der Waals surface area contributed by atoms with Gasteiger partial charge in [-0.1, -0.05) is 13.0 Å². The van der Waals surface area contributed by atoms with Crippen LogP contribution < -0.4 is 5.73 Å². The lowest BCUT2D eigenvalue weighted by Gasteiger charge is -2.22. The summed E-state index contributed by atoms with van der Waals surface area (Å²) in [5, 5.41) is 0. The molecule has 1 aromatic carbocycles. The van der Waals surface area contributed by atoms with Gasteiger partial charge in [-0.15, -0.1) is 12.4 Å². The van der Waals surface area contributed by atoms with Crippen LogP contribution in [0, 0.1) is 5.41 Å². The van der Waals surface area contributed by atoms with E-state index >= 15 is 0 Å². The highest BCUT2D eigenvalue weighted by molar-refractivity contribution is 5.94. The van der Waals surface area contributed by atoms with Gasteiger partial charge >= 0.3 is 0 Å². The van der Waals surface area contributed by atoms with Gasteiger partial charge in [-0.05, 0) is 60.9 Å². The Balaban J connectivity index is 0.00000147. The lowest BCUT2D eigenvalue weighted by molar-refractivity contribution is 0.0777. The molecule has 2 N–H and O–H groups in total. The van der Waals surface area contributed by atoms with Crippen LogP contribution >= 0.6 is 12.4 Å². The number of nitrogens with two attached hydrogens (primary N) is 1. The van der Waals surface area contributed by atoms with E-state index in [1.165, 1.54) is 24.0 Å². The van der Waals surface area contributed by atoms with Crippen LogP contribution in [0.15, 0.2) is 18.2 Å². The number of carbonyl (C=O) groups is 1. The first-order valence-electron chi connectivity index (χ1n) is 7.22. The van der Waals surface area contributed by atoms with Crippen molar-refractivity contribution in [3.8, 4) is 0 Å². The second kappa shape index (κ2) is 5.74. The summed E-state index contributed by atoms with van der Waals surface area (Å²) in [5.41, 5.74) is 9.55. The molecule has 0 radical (unpaired) electrons. The molecule has 2 aliphatic rings. The first-order valence-corrected chi connectivity index (χ1v) is 7.22. The number of carbonyl (C=O) groups excluding carboxylic acids is 1. The number of aryl methyl sites for hydroxylation is 2. The second-order valence-corrected chi connectivity index (χ2v) is 6.33. The molecule has 1 aliphatic heterocycles. The van der Waals surface area contributed by atoms with E-state index in [-0.39, 0.29) is 23.7 Å². The van der Waals surface area contributed by atoms with Crippen LogP contribution in [0.1, 0.15) is 41.3 Å². The van der Waals surface area contributed by atoms with Crippen molar-refractivity contribution < 1.29 is 4.79 Å². The molecule has 1 aliphatic carbocycles. The van der Waals surface area contributed by atoms with Crippen molar-refractivity contribution in [2.45, 2.75) is 32.6 Å². The fourth-order valence-corrected chi connectivity index (χ4v) is 3.25. The highest BCUT2D eigenvalue weighted by Gasteiger charge is 2.35. The number of nitrogens with zero attached hydrogens (tertiary/aromatic N) is 1. The lowest BCUT2D eigenvalue weighted by atomic mass is 9.90. The molecule has 0 saturated carbocycles. The van der Waals surface area contributed by atoms with Crippen molar-refractivity contribution in [3.05, 3.63) is 34.9 Å². The zero-order chi connectivity index (χ0) is 13.5. The van der Waals surface area contributed by atoms with Crippen molar-refractivity contribution in [2.24, 2.45) is 11.1 Å². The summed E-state index contributed by atoms with van der Waals surface area (Å²) < 4.78 is 0. The SMILES string of the molecule is CC1(CN)CCN(C(=O)c2ccc3c(c2)CCC3)C1.Cl. The molecule has 0 aromatic heterocycles. The summed E-state index contributed by atoms with van der Waals surface area (Å²) in [6.07, 6.45) is 4.53. The van der Waals surface area contributed by atoms with E-state index in [1.54, 1.807) is 0 Å². The fourth-order valence-electron chi connectivity index (χ4n) is 3.25. The molecule has 3 rings (SSSR count). The quantitative estimate of drug-likeness (QED) is 0.910. The smallest absolute Gasteiger partial charge is 0.253 e. The summed E-state index contributed by atoms with van der Waals surface area (Å²) in [6, 6.07) is 6.22. The summed E-state index contributed by atoms with van der Waals surface area (Å²) in [6.45, 7) is 4.45. The summed E-state index contributed by atoms with van der Waals surface area (Å²) in [4.78, 5) is 14.5. The minimum Gasteiger partial charge on any atom is -0.338 e. The van der Waals surface area contributed by atoms with Crippen molar-refractivity contribution in [1.82, 2.24) is 4.90 Å². The molecular weight excluding hydrogens is 272 g/mol. The Morgan fingerprint density at radius 3 is 2.80 bits per heavy atom. The molecule has 3 nitrogen and oxygen atoms in total. The van der Waals surface area contributed by atoms with Gasteiger partial charge in [-0.3, -0.25) is 4.79 Å². The Labute approximate surface area is 126 Å². The van der Waals surface area contributed by atoms with Crippen molar-refractivity contribution in [1.29, 1.82) is 0 Å². The highest BCUT2D eigenvalue weighted by atomic mass is 35.5. The van der Waals surface area contributed by atoms with Crippen LogP contribution in [-0.2, 0) is 12.8 Å². The van der Waals surface area contributed by atoms with Gasteiger partial charge in [0, 0.05) is 18.7 Å². The molecule has 0 spiro atoms. The second-order valence-electron chi connectivity index (χ2n) is 6.33. The van der Waals surface area contributed by atoms with Crippen LogP contribution in [0.25, 0.3) is 0 Å². The number of amides is 1. The molecule has 1 fully saturated rings. The number of likely N-dealkylation sites (tertiary alicyclic amines) is 1. The number of halogens is 1. The molecule has 4 heteroatoms. The Morgan fingerprint density at radius 1 is 1.35 bits per heavy atom. The standard InChI is InChI=1S/C16H22N2O.ClH/c1-16(10-17)7-8-18(11-16)15(19)14-6-5-12-3-2-4-13(12)9-14;/h5-6,9H,2-4,7-8,10-11,17H2,1H3;1H. The third kappa shape index (κ3) is 2.70. The van der Waals surface area contributed by atoms with Gasteiger partial charge < -0.3 is 10.6 Å². The van der Waals surface area contributed by atoms with Crippen LogP contribution in [0.2, 0.25) is 0 Å². The zero-order valence-corrected chi connectivity index (χ0v) is 12.8. The minimum atomic E-state index is 0. The molecule has 1 amide bonds. The maximum atomic E-state index is 12.5. The molecule has 1 atom stereocenters.